The molecule has 0 aromatic rings. The second kappa shape index (κ2) is 2.26. The third kappa shape index (κ3) is 0.828. The molecule has 0 aliphatic heterocycles. The largest absolute Gasteiger partial charge is 0.0598 e. The van der Waals surface area contributed by atoms with Crippen LogP contribution in [0, 0.1) is 12.0 Å². The zero-order chi connectivity index (χ0) is 6.97. The topological polar surface area (TPSA) is 0 Å². The highest BCUT2D eigenvalue weighted by Crippen LogP contribution is 2.35. The average Bonchev–Trinajstić information content (AvgIpc) is 2.34. The Bertz CT molecular complexity index is 196. The predicted octanol–water partition coefficient (Wildman–Crippen LogP) is 2.87. The molecule has 1 radical (unpaired) electrons. The lowest BCUT2D eigenvalue weighted by molar-refractivity contribution is 0.641. The number of rotatable bonds is 0. The van der Waals surface area contributed by atoms with Crippen LogP contribution in [0.2, 0.25) is 0 Å². The summed E-state index contributed by atoms with van der Waals surface area (Å²) >= 11 is 0. The molecule has 0 aromatic heterocycles. The third-order valence-corrected chi connectivity index (χ3v) is 2.58. The van der Waals surface area contributed by atoms with Crippen molar-refractivity contribution in [3.63, 3.8) is 0 Å². The average molecular weight is 133 g/mol. The fraction of sp³-hybridized carbons (Fsp3) is 0.600. The highest BCUT2D eigenvalue weighted by Gasteiger charge is 2.18. The summed E-state index contributed by atoms with van der Waals surface area (Å²) in [6, 6.07) is 0. The highest BCUT2D eigenvalue weighted by molar-refractivity contribution is 5.35. The molecule has 0 fully saturated rings. The van der Waals surface area contributed by atoms with Crippen LogP contribution in [0.5, 0.6) is 0 Å². The standard InChI is InChI=1S/C10H13/c1-8-6-7-9-4-2-3-5-10(8)9/h7-8H,2-5H2,1H3. The quantitative estimate of drug-likeness (QED) is 0.476. The van der Waals surface area contributed by atoms with E-state index in [-0.39, 0.29) is 0 Å². The van der Waals surface area contributed by atoms with Crippen LogP contribution >= 0.6 is 0 Å². The van der Waals surface area contributed by atoms with Crippen LogP contribution in [-0.2, 0) is 0 Å². The van der Waals surface area contributed by atoms with Gasteiger partial charge in [0.15, 0.2) is 0 Å². The molecule has 1 atom stereocenters. The van der Waals surface area contributed by atoms with Crippen molar-refractivity contribution >= 4 is 0 Å². The second-order valence-electron chi connectivity index (χ2n) is 3.29. The van der Waals surface area contributed by atoms with Gasteiger partial charge in [-0.25, -0.2) is 0 Å². The van der Waals surface area contributed by atoms with E-state index in [0.717, 1.165) is 0 Å². The van der Waals surface area contributed by atoms with Crippen molar-refractivity contribution < 1.29 is 0 Å². The Labute approximate surface area is 62.6 Å². The van der Waals surface area contributed by atoms with Gasteiger partial charge >= 0.3 is 0 Å². The van der Waals surface area contributed by atoms with Crippen molar-refractivity contribution in [2.75, 3.05) is 0 Å². The molecule has 0 nitrogen and oxygen atoms in total. The maximum atomic E-state index is 3.36. The predicted molar refractivity (Wildman–Crippen MR) is 42.5 cm³/mol. The molecule has 0 spiro atoms. The smallest absolute Gasteiger partial charge is 0.00286 e. The zero-order valence-corrected chi connectivity index (χ0v) is 6.48. The molecular weight excluding hydrogens is 120 g/mol. The third-order valence-electron chi connectivity index (χ3n) is 2.58. The lowest BCUT2D eigenvalue weighted by Gasteiger charge is -2.16. The first-order chi connectivity index (χ1) is 4.88. The molecule has 0 saturated heterocycles. The van der Waals surface area contributed by atoms with E-state index in [2.05, 4.69) is 19.1 Å². The van der Waals surface area contributed by atoms with E-state index in [1.807, 2.05) is 0 Å². The summed E-state index contributed by atoms with van der Waals surface area (Å²) in [6.45, 7) is 2.25. The Kier molecular flexibility index (Phi) is 1.40. The van der Waals surface area contributed by atoms with Gasteiger partial charge in [0.05, 0.1) is 0 Å². The molecule has 1 unspecified atom stereocenters. The first-order valence-electron chi connectivity index (χ1n) is 4.19. The van der Waals surface area contributed by atoms with Crippen molar-refractivity contribution in [3.8, 4) is 0 Å². The summed E-state index contributed by atoms with van der Waals surface area (Å²) in [4.78, 5) is 0. The molecule has 0 heterocycles. The first-order valence-corrected chi connectivity index (χ1v) is 4.19. The highest BCUT2D eigenvalue weighted by atomic mass is 14.2. The molecule has 0 N–H and O–H groups in total. The van der Waals surface area contributed by atoms with E-state index < -0.39 is 0 Å². The molecule has 0 bridgehead atoms. The SMILES string of the molecule is CC1[C]=CC2=C1CCCC2. The molecule has 53 valence electrons. The van der Waals surface area contributed by atoms with E-state index in [0.29, 0.717) is 5.92 Å². The maximum absolute atomic E-state index is 3.36. The lowest BCUT2D eigenvalue weighted by Crippen LogP contribution is -1.99. The second-order valence-corrected chi connectivity index (χ2v) is 3.29. The van der Waals surface area contributed by atoms with Crippen molar-refractivity contribution in [3.05, 3.63) is 23.3 Å². The van der Waals surface area contributed by atoms with Crippen LogP contribution in [0.15, 0.2) is 17.2 Å². The lowest BCUT2D eigenvalue weighted by atomic mass is 9.90. The Morgan fingerprint density at radius 1 is 1.40 bits per heavy atom. The van der Waals surface area contributed by atoms with Gasteiger partial charge in [0.2, 0.25) is 0 Å². The Balaban J connectivity index is 2.27. The van der Waals surface area contributed by atoms with Gasteiger partial charge in [-0.3, -0.25) is 0 Å². The minimum absolute atomic E-state index is 0.635. The van der Waals surface area contributed by atoms with Crippen LogP contribution in [0.3, 0.4) is 0 Å². The van der Waals surface area contributed by atoms with Gasteiger partial charge in [0, 0.05) is 5.92 Å². The van der Waals surface area contributed by atoms with Crippen molar-refractivity contribution in [1.82, 2.24) is 0 Å². The van der Waals surface area contributed by atoms with Crippen LogP contribution in [0.1, 0.15) is 32.6 Å². The Morgan fingerprint density at radius 3 is 3.00 bits per heavy atom. The van der Waals surface area contributed by atoms with Gasteiger partial charge in [0.25, 0.3) is 0 Å². The van der Waals surface area contributed by atoms with Gasteiger partial charge in [-0.2, -0.15) is 0 Å². The molecular formula is C10H13. The molecule has 2 rings (SSSR count). The fourth-order valence-electron chi connectivity index (χ4n) is 1.94. The summed E-state index contributed by atoms with van der Waals surface area (Å²) in [6.07, 6.45) is 11.0. The van der Waals surface area contributed by atoms with Crippen LogP contribution in [0.4, 0.5) is 0 Å². The van der Waals surface area contributed by atoms with Crippen molar-refractivity contribution in [1.29, 1.82) is 0 Å². The normalized spacial score (nSPS) is 31.1. The van der Waals surface area contributed by atoms with Gasteiger partial charge in [-0.1, -0.05) is 18.6 Å². The molecule has 10 heavy (non-hydrogen) atoms. The Morgan fingerprint density at radius 2 is 2.20 bits per heavy atom. The maximum Gasteiger partial charge on any atom is 0.00286 e. The minimum Gasteiger partial charge on any atom is -0.0598 e. The summed E-state index contributed by atoms with van der Waals surface area (Å²) < 4.78 is 0. The molecule has 0 saturated carbocycles. The van der Waals surface area contributed by atoms with Gasteiger partial charge < -0.3 is 0 Å². The van der Waals surface area contributed by atoms with Crippen molar-refractivity contribution in [2.45, 2.75) is 32.6 Å². The van der Waals surface area contributed by atoms with Gasteiger partial charge in [0.1, 0.15) is 0 Å². The zero-order valence-electron chi connectivity index (χ0n) is 6.48. The van der Waals surface area contributed by atoms with Crippen LogP contribution < -0.4 is 0 Å². The van der Waals surface area contributed by atoms with E-state index in [1.54, 1.807) is 11.1 Å². The summed E-state index contributed by atoms with van der Waals surface area (Å²) in [5.74, 6) is 0.635. The van der Waals surface area contributed by atoms with E-state index >= 15 is 0 Å². The van der Waals surface area contributed by atoms with E-state index in [4.69, 9.17) is 0 Å². The van der Waals surface area contributed by atoms with Crippen LogP contribution in [-0.4, -0.2) is 0 Å². The molecule has 0 heteroatoms. The Hall–Kier alpha value is -0.520. The minimum atomic E-state index is 0.635. The summed E-state index contributed by atoms with van der Waals surface area (Å²) in [5, 5.41) is 0. The molecule has 0 amide bonds. The van der Waals surface area contributed by atoms with Gasteiger partial charge in [-0.05, 0) is 37.3 Å². The number of hydrogen-bond donors (Lipinski definition) is 0. The number of allylic oxidation sites excluding steroid dienone is 4. The fourth-order valence-corrected chi connectivity index (χ4v) is 1.94. The first kappa shape index (κ1) is 6.21. The monoisotopic (exact) mass is 133 g/mol. The molecule has 2 aliphatic carbocycles. The molecule has 0 aromatic carbocycles. The number of hydrogen-bond acceptors (Lipinski definition) is 0. The van der Waals surface area contributed by atoms with E-state index in [1.165, 1.54) is 25.7 Å². The van der Waals surface area contributed by atoms with Gasteiger partial charge in [-0.15, -0.1) is 0 Å². The van der Waals surface area contributed by atoms with Crippen LogP contribution in [0.25, 0.3) is 0 Å². The van der Waals surface area contributed by atoms with E-state index in [9.17, 15) is 0 Å². The summed E-state index contributed by atoms with van der Waals surface area (Å²) in [5.41, 5.74) is 3.27. The summed E-state index contributed by atoms with van der Waals surface area (Å²) in [7, 11) is 0. The van der Waals surface area contributed by atoms with Crippen molar-refractivity contribution in [2.24, 2.45) is 5.92 Å². The molecule has 2 aliphatic rings.